The molecule has 126 valence electrons. The van der Waals surface area contributed by atoms with Gasteiger partial charge in [-0.25, -0.2) is 4.90 Å². The van der Waals surface area contributed by atoms with Gasteiger partial charge in [-0.15, -0.1) is 11.3 Å². The predicted octanol–water partition coefficient (Wildman–Crippen LogP) is 2.42. The van der Waals surface area contributed by atoms with Crippen molar-refractivity contribution >= 4 is 34.7 Å². The van der Waals surface area contributed by atoms with E-state index in [1.54, 1.807) is 9.58 Å². The Kier molecular flexibility index (Phi) is 3.93. The molecule has 8 heteroatoms. The van der Waals surface area contributed by atoms with E-state index in [1.165, 1.54) is 30.0 Å². The lowest BCUT2D eigenvalue weighted by Gasteiger charge is -2.30. The van der Waals surface area contributed by atoms with Crippen LogP contribution in [0.5, 0.6) is 0 Å². The highest BCUT2D eigenvalue weighted by Gasteiger charge is 2.45. The first-order valence-corrected chi connectivity index (χ1v) is 9.75. The van der Waals surface area contributed by atoms with Crippen LogP contribution in [0.4, 0.5) is 5.69 Å². The summed E-state index contributed by atoms with van der Waals surface area (Å²) in [4.78, 5) is 30.7. The molecular formula is C17H15N4O2S2+. The van der Waals surface area contributed by atoms with Crippen LogP contribution in [-0.4, -0.2) is 22.2 Å². The predicted molar refractivity (Wildman–Crippen MR) is 97.9 cm³/mol. The Morgan fingerprint density at radius 2 is 2.12 bits per heavy atom. The minimum atomic E-state index is -0.476. The number of aromatic amines is 1. The van der Waals surface area contributed by atoms with Crippen molar-refractivity contribution in [1.82, 2.24) is 10.1 Å². The highest BCUT2D eigenvalue weighted by molar-refractivity contribution is 7.98. The van der Waals surface area contributed by atoms with Crippen LogP contribution < -0.4 is 15.1 Å². The van der Waals surface area contributed by atoms with Crippen molar-refractivity contribution in [3.8, 4) is 11.3 Å². The number of carbonyl (C=O) groups excluding carboxylic acids is 1. The van der Waals surface area contributed by atoms with E-state index >= 15 is 0 Å². The third-order valence-electron chi connectivity index (χ3n) is 4.09. The van der Waals surface area contributed by atoms with Gasteiger partial charge < -0.3 is 0 Å². The zero-order valence-corrected chi connectivity index (χ0v) is 15.2. The quantitative estimate of drug-likeness (QED) is 0.555. The molecule has 0 fully saturated rings. The van der Waals surface area contributed by atoms with Crippen LogP contribution in [0.15, 0.2) is 51.7 Å². The maximum absolute atomic E-state index is 12.8. The van der Waals surface area contributed by atoms with Gasteiger partial charge in [0.2, 0.25) is 11.1 Å². The van der Waals surface area contributed by atoms with Gasteiger partial charge >= 0.3 is 17.4 Å². The average molecular weight is 371 g/mol. The number of benzene rings is 1. The van der Waals surface area contributed by atoms with E-state index in [0.29, 0.717) is 16.4 Å². The molecule has 2 aromatic heterocycles. The Labute approximate surface area is 152 Å². The summed E-state index contributed by atoms with van der Waals surface area (Å²) >= 11 is 2.89. The molecule has 0 saturated carbocycles. The van der Waals surface area contributed by atoms with Crippen LogP contribution in [0.25, 0.3) is 11.3 Å². The molecule has 0 unspecified atom stereocenters. The second-order valence-corrected chi connectivity index (χ2v) is 7.33. The van der Waals surface area contributed by atoms with E-state index in [9.17, 15) is 9.59 Å². The summed E-state index contributed by atoms with van der Waals surface area (Å²) in [5, 5.41) is 7.07. The minimum absolute atomic E-state index is 0.100. The van der Waals surface area contributed by atoms with E-state index in [4.69, 9.17) is 0 Å². The van der Waals surface area contributed by atoms with Crippen molar-refractivity contribution < 1.29 is 9.48 Å². The number of aromatic nitrogens is 3. The molecule has 0 spiro atoms. The standard InChI is InChI=1S/C17H14N4O2S2/c1-10(22)20-12-7-4-3-6-11(12)14-15(23)18-17(24-2)19-21(14)16(20)13-8-5-9-25-13/h3-9,16H,1-2H3/p+1/t16-/m0/s1. The van der Waals surface area contributed by atoms with Gasteiger partial charge in [0.15, 0.2) is 0 Å². The Bertz CT molecular complexity index is 1010. The highest BCUT2D eigenvalue weighted by Crippen LogP contribution is 2.38. The van der Waals surface area contributed by atoms with Crippen molar-refractivity contribution in [2.45, 2.75) is 18.2 Å². The molecular weight excluding hydrogens is 356 g/mol. The summed E-state index contributed by atoms with van der Waals surface area (Å²) in [6.45, 7) is 1.53. The Morgan fingerprint density at radius 3 is 2.80 bits per heavy atom. The van der Waals surface area contributed by atoms with Crippen LogP contribution in [-0.2, 0) is 4.79 Å². The molecule has 25 heavy (non-hydrogen) atoms. The van der Waals surface area contributed by atoms with Gasteiger partial charge in [0, 0.05) is 12.0 Å². The normalized spacial score (nSPS) is 15.6. The summed E-state index contributed by atoms with van der Waals surface area (Å²) < 4.78 is 1.67. The van der Waals surface area contributed by atoms with E-state index in [-0.39, 0.29) is 11.5 Å². The van der Waals surface area contributed by atoms with Crippen molar-refractivity contribution in [3.05, 3.63) is 57.0 Å². The smallest absolute Gasteiger partial charge is 0.291 e. The average Bonchev–Trinajstić information content (AvgIpc) is 3.13. The largest absolute Gasteiger partial charge is 0.325 e. The highest BCUT2D eigenvalue weighted by atomic mass is 32.2. The molecule has 0 bridgehead atoms. The van der Waals surface area contributed by atoms with Crippen molar-refractivity contribution in [1.29, 1.82) is 0 Å². The Morgan fingerprint density at radius 1 is 1.32 bits per heavy atom. The number of H-pyrrole nitrogens is 1. The summed E-state index contributed by atoms with van der Waals surface area (Å²) in [5.41, 5.74) is 1.67. The number of thiophene rings is 1. The van der Waals surface area contributed by atoms with Crippen molar-refractivity contribution in [2.75, 3.05) is 11.2 Å². The molecule has 1 aliphatic heterocycles. The maximum atomic E-state index is 12.8. The molecule has 1 atom stereocenters. The zero-order valence-electron chi connectivity index (χ0n) is 13.6. The number of carbonyl (C=O) groups is 1. The number of hydrogen-bond donors (Lipinski definition) is 1. The van der Waals surface area contributed by atoms with Crippen LogP contribution >= 0.6 is 23.1 Å². The number of amides is 1. The summed E-state index contributed by atoms with van der Waals surface area (Å²) in [5.74, 6) is -0.100. The third-order valence-corrected chi connectivity index (χ3v) is 5.57. The lowest BCUT2D eigenvalue weighted by molar-refractivity contribution is -0.762. The fraction of sp³-hybridized carbons (Fsp3) is 0.176. The molecule has 4 rings (SSSR count). The van der Waals surface area contributed by atoms with Gasteiger partial charge in [-0.1, -0.05) is 30.0 Å². The molecule has 1 aliphatic rings. The first-order valence-electron chi connectivity index (χ1n) is 7.64. The lowest BCUT2D eigenvalue weighted by atomic mass is 10.0. The van der Waals surface area contributed by atoms with Crippen LogP contribution in [0, 0.1) is 0 Å². The summed E-state index contributed by atoms with van der Waals surface area (Å²) in [6, 6.07) is 11.3. The molecule has 1 amide bonds. The van der Waals surface area contributed by atoms with Crippen LogP contribution in [0.3, 0.4) is 0 Å². The molecule has 0 aliphatic carbocycles. The number of rotatable bonds is 2. The molecule has 0 radical (unpaired) electrons. The Hall–Kier alpha value is -2.45. The number of para-hydroxylation sites is 1. The number of thioether (sulfide) groups is 1. The van der Waals surface area contributed by atoms with E-state index in [2.05, 4.69) is 10.1 Å². The number of anilines is 1. The topological polar surface area (TPSA) is 69.9 Å². The number of nitrogens with zero attached hydrogens (tertiary/aromatic N) is 3. The second kappa shape index (κ2) is 6.12. The third kappa shape index (κ3) is 2.49. The van der Waals surface area contributed by atoms with Crippen LogP contribution in [0.1, 0.15) is 18.0 Å². The monoisotopic (exact) mass is 371 g/mol. The maximum Gasteiger partial charge on any atom is 0.325 e. The zero-order chi connectivity index (χ0) is 17.6. The van der Waals surface area contributed by atoms with Gasteiger partial charge in [-0.3, -0.25) is 14.6 Å². The minimum Gasteiger partial charge on any atom is -0.291 e. The SMILES string of the molecule is CSc1n[n+]2c(c(=O)[nH]1)-c1ccccc1N(C(C)=O)[C@@H]2c1cccs1. The Balaban J connectivity index is 2.11. The van der Waals surface area contributed by atoms with Crippen LogP contribution in [0.2, 0.25) is 0 Å². The summed E-state index contributed by atoms with van der Waals surface area (Å²) in [7, 11) is 0. The fourth-order valence-electron chi connectivity index (χ4n) is 3.10. The van der Waals surface area contributed by atoms with E-state index < -0.39 is 6.17 Å². The van der Waals surface area contributed by atoms with E-state index in [1.807, 2.05) is 48.0 Å². The van der Waals surface area contributed by atoms with Gasteiger partial charge in [-0.05, 0) is 34.5 Å². The van der Waals surface area contributed by atoms with Gasteiger partial charge in [0.25, 0.3) is 0 Å². The van der Waals surface area contributed by atoms with Crippen molar-refractivity contribution in [2.24, 2.45) is 0 Å². The summed E-state index contributed by atoms with van der Waals surface area (Å²) in [6.07, 6.45) is 1.38. The lowest BCUT2D eigenvalue weighted by Crippen LogP contribution is -2.60. The molecule has 1 N–H and O–H groups in total. The second-order valence-electron chi connectivity index (χ2n) is 5.55. The number of hydrogen-bond acceptors (Lipinski definition) is 5. The van der Waals surface area contributed by atoms with Crippen molar-refractivity contribution in [3.63, 3.8) is 0 Å². The fourth-order valence-corrected chi connectivity index (χ4v) is 4.26. The van der Waals surface area contributed by atoms with Gasteiger partial charge in [-0.2, -0.15) is 0 Å². The van der Waals surface area contributed by atoms with Gasteiger partial charge in [0.05, 0.1) is 16.1 Å². The van der Waals surface area contributed by atoms with E-state index in [0.717, 1.165) is 10.6 Å². The number of fused-ring (bicyclic) bond motifs is 3. The first kappa shape index (κ1) is 16.0. The molecule has 0 saturated heterocycles. The molecule has 6 nitrogen and oxygen atoms in total. The number of nitrogens with one attached hydrogen (secondary N) is 1. The van der Waals surface area contributed by atoms with Gasteiger partial charge in [0.1, 0.15) is 0 Å². The molecule has 3 aromatic rings. The molecule has 3 heterocycles. The first-order chi connectivity index (χ1) is 12.1. The molecule has 1 aromatic carbocycles.